The molecule has 0 bridgehead atoms. The third kappa shape index (κ3) is 12.0. The lowest BCUT2D eigenvalue weighted by Gasteiger charge is -2.35. The Morgan fingerprint density at radius 1 is 0.759 bits per heavy atom. The maximum Gasteiger partial charge on any atom is 0.490 e. The maximum absolute atomic E-state index is 14.3. The largest absolute Gasteiger partial charge is 0.778 e. The first-order chi connectivity index (χ1) is 37.1. The zero-order valence-corrected chi connectivity index (χ0v) is 45.0. The molecule has 4 unspecified atom stereocenters. The Morgan fingerprint density at radius 2 is 1.39 bits per heavy atom. The summed E-state index contributed by atoms with van der Waals surface area (Å²) in [5.41, 5.74) is 14.0. The number of phosphoric acid groups is 3. The fraction of sp³-hybridized carbons (Fsp3) is 0.595. The van der Waals surface area contributed by atoms with Crippen LogP contribution in [0.5, 0.6) is 0 Å². The predicted octanol–water partition coefficient (Wildman–Crippen LogP) is -3.20. The number of aryl methyl sites for hydroxylation is 1. The number of fused-ring (bicyclic) bond motifs is 3. The van der Waals surface area contributed by atoms with Crippen molar-refractivity contribution in [3.63, 3.8) is 0 Å². The number of hydrogen-bond acceptors (Lipinski definition) is 29. The van der Waals surface area contributed by atoms with Crippen LogP contribution in [0.1, 0.15) is 39.0 Å². The van der Waals surface area contributed by atoms with E-state index >= 15 is 0 Å². The molecular weight excluding hydrogens is 1150 g/mol. The highest BCUT2D eigenvalue weighted by Crippen LogP contribution is 2.68. The molecule has 0 saturated carbocycles. The van der Waals surface area contributed by atoms with Crippen LogP contribution in [0.2, 0.25) is 0 Å². The van der Waals surface area contributed by atoms with Crippen molar-refractivity contribution in [1.82, 2.24) is 53.6 Å². The van der Waals surface area contributed by atoms with Gasteiger partial charge in [0.1, 0.15) is 50.0 Å². The first kappa shape index (κ1) is 58.5. The third-order valence-corrected chi connectivity index (χ3v) is 18.9. The van der Waals surface area contributed by atoms with Crippen molar-refractivity contribution in [2.24, 2.45) is 13.0 Å². The molecule has 434 valence electrons. The van der Waals surface area contributed by atoms with Gasteiger partial charge in [-0.3, -0.25) is 42.3 Å². The van der Waals surface area contributed by atoms with Crippen molar-refractivity contribution >= 4 is 82.3 Å². The Bertz CT molecular complexity index is 3560. The molecule has 0 aromatic carbocycles. The standard InChI is InChI=1S/C37H53N15O23P4/c1-14(2)67-7-15-17(72-33(22(15)53)52-13-49(3)21-30(52)46-37(40)48-32(21)57)8-70-78(62,63)75-79(64,65)74-77(60,61)68-6-5-16-26(25(66-4)35(71-16)50-11-43-19-27(38)41-10-42-28(19)50)76(58,59)69-9-18-23(54)24(55)34(73-18)51-12-44-20-29(51)45-36(39)47-31(20)56/h10-18,22-26,33-35,53-55H,5-9H2,1-4H3,(H11-,38,39,40,41,42,45,46,47,48,56,57,58,59,60,61,62,63,64,65)/t15-,16-,17-,18-,22-,23-,24-,25-,26-,33-,34-,35-/m1/s1. The van der Waals surface area contributed by atoms with E-state index in [0.717, 1.165) is 24.3 Å². The molecule has 14 N–H and O–H groups in total. The third-order valence-electron chi connectivity index (χ3n) is 12.8. The van der Waals surface area contributed by atoms with Crippen molar-refractivity contribution in [2.75, 3.05) is 50.7 Å². The van der Waals surface area contributed by atoms with Gasteiger partial charge in [-0.05, 0) is 20.3 Å². The summed E-state index contributed by atoms with van der Waals surface area (Å²) in [6.07, 6.45) is -11.8. The summed E-state index contributed by atoms with van der Waals surface area (Å²) in [6, 6.07) is 0. The van der Waals surface area contributed by atoms with Gasteiger partial charge < -0.3 is 84.9 Å². The van der Waals surface area contributed by atoms with Gasteiger partial charge in [-0.2, -0.15) is 13.6 Å². The molecule has 9 rings (SSSR count). The molecule has 16 atom stereocenters. The quantitative estimate of drug-likeness (QED) is 0.0235. The predicted molar refractivity (Wildman–Crippen MR) is 259 cm³/mol. The van der Waals surface area contributed by atoms with Crippen LogP contribution < -0.4 is 37.8 Å². The number of H-pyrrole nitrogens is 2. The van der Waals surface area contributed by atoms with Gasteiger partial charge in [-0.1, -0.05) is 4.98 Å². The molecule has 3 aliphatic heterocycles. The number of rotatable bonds is 22. The van der Waals surface area contributed by atoms with Crippen LogP contribution in [-0.4, -0.2) is 172 Å². The molecule has 3 aliphatic rings. The summed E-state index contributed by atoms with van der Waals surface area (Å²) in [6.45, 7) is 0.208. The van der Waals surface area contributed by atoms with Crippen LogP contribution in [0, 0.1) is 5.92 Å². The second kappa shape index (κ2) is 22.3. The molecule has 0 amide bonds. The zero-order chi connectivity index (χ0) is 57.3. The molecule has 38 nitrogen and oxygen atoms in total. The number of imidazole rings is 3. The summed E-state index contributed by atoms with van der Waals surface area (Å²) >= 11 is 0. The first-order valence-corrected chi connectivity index (χ1v) is 29.4. The van der Waals surface area contributed by atoms with E-state index in [0.29, 0.717) is 0 Å². The number of methoxy groups -OCH3 is 1. The normalized spacial score (nSPS) is 29.6. The van der Waals surface area contributed by atoms with Gasteiger partial charge in [0.05, 0.1) is 70.1 Å². The molecule has 0 aliphatic carbocycles. The van der Waals surface area contributed by atoms with Crippen LogP contribution >= 0.6 is 31.1 Å². The minimum Gasteiger partial charge on any atom is -0.778 e. The Labute approximate surface area is 441 Å². The fourth-order valence-electron chi connectivity index (χ4n) is 9.29. The Balaban J connectivity index is 0.867. The van der Waals surface area contributed by atoms with Gasteiger partial charge in [0.2, 0.25) is 17.7 Å². The average Bonchev–Trinajstić information content (AvgIpc) is 4.28. The number of anilines is 3. The molecular formula is C37H53N15O23P4. The van der Waals surface area contributed by atoms with E-state index in [1.807, 2.05) is 0 Å². The van der Waals surface area contributed by atoms with E-state index in [2.05, 4.69) is 48.5 Å². The number of nitrogens with zero attached hydrogens (tertiary/aromatic N) is 10. The fourth-order valence-corrected chi connectivity index (χ4v) is 14.6. The van der Waals surface area contributed by atoms with Gasteiger partial charge >= 0.3 is 29.1 Å². The van der Waals surface area contributed by atoms with Crippen LogP contribution in [-0.2, 0) is 71.2 Å². The Hall–Kier alpha value is -5.11. The summed E-state index contributed by atoms with van der Waals surface area (Å²) in [7, 11) is -20.5. The topological polar surface area (TPSA) is 545 Å². The van der Waals surface area contributed by atoms with E-state index in [4.69, 9.17) is 54.5 Å². The van der Waals surface area contributed by atoms with Crippen molar-refractivity contribution < 1.29 is 104 Å². The monoisotopic (exact) mass is 1200 g/mol. The average molecular weight is 1200 g/mol. The smallest absolute Gasteiger partial charge is 0.490 e. The molecule has 79 heavy (non-hydrogen) atoms. The summed E-state index contributed by atoms with van der Waals surface area (Å²) in [5.74, 6) is -1.67. The highest BCUT2D eigenvalue weighted by molar-refractivity contribution is 7.66. The van der Waals surface area contributed by atoms with Gasteiger partial charge in [-0.25, -0.2) is 38.2 Å². The molecule has 0 radical (unpaired) electrons. The lowest BCUT2D eigenvalue weighted by atomic mass is 9.99. The van der Waals surface area contributed by atoms with Crippen molar-refractivity contribution in [1.29, 1.82) is 0 Å². The maximum atomic E-state index is 14.3. The Kier molecular flexibility index (Phi) is 16.5. The lowest BCUT2D eigenvalue weighted by molar-refractivity contribution is -0.745. The number of aromatic amines is 2. The SMILES string of the molecule is CO[C@@H]1[C@H](P(=O)([O-])OC[C@H]2O[C@@H](n3cnc4c(=O)[nH]c(N)nc43)[C@H](O)[C@@H]2O)[C@@H](CCOP(=O)(O)OP(=O)(O)OP(=O)(O)OC[C@H]2O[C@@H]([n+]3cn(C)c4c(=O)[nH]c(N)nc43)[C@H](O)[C@@H]2COC(C)C)O[C@H]1n1cnc2c(N)ncnc21. The van der Waals surface area contributed by atoms with E-state index in [1.165, 1.54) is 33.4 Å². The molecule has 3 saturated heterocycles. The number of ether oxygens (including phenoxy) is 5. The number of phosphoric ester groups is 2. The summed E-state index contributed by atoms with van der Waals surface area (Å²) in [4.78, 5) is 99.9. The van der Waals surface area contributed by atoms with Gasteiger partial charge in [0.15, 0.2) is 41.4 Å². The number of nitrogens with two attached hydrogens (primary N) is 3. The van der Waals surface area contributed by atoms with Gasteiger partial charge in [-0.15, -0.1) is 0 Å². The number of aromatic nitrogens is 12. The van der Waals surface area contributed by atoms with Crippen LogP contribution in [0.15, 0.2) is 34.9 Å². The summed E-state index contributed by atoms with van der Waals surface area (Å²) in [5, 5.41) is 33.4. The number of nitrogens with one attached hydrogen (secondary N) is 2. The number of nitrogen functional groups attached to an aromatic ring is 3. The highest BCUT2D eigenvalue weighted by atomic mass is 31.3. The molecule has 9 heterocycles. The van der Waals surface area contributed by atoms with E-state index < -0.39 is 141 Å². The van der Waals surface area contributed by atoms with Crippen molar-refractivity contribution in [2.45, 2.75) is 93.4 Å². The van der Waals surface area contributed by atoms with E-state index in [1.54, 1.807) is 13.8 Å². The second-order valence-electron chi connectivity index (χ2n) is 18.3. The van der Waals surface area contributed by atoms with Crippen LogP contribution in [0.4, 0.5) is 17.7 Å². The van der Waals surface area contributed by atoms with Gasteiger partial charge in [0, 0.05) is 13.0 Å². The van der Waals surface area contributed by atoms with Crippen LogP contribution in [0.25, 0.3) is 33.5 Å². The van der Waals surface area contributed by atoms with E-state index in [-0.39, 0.29) is 63.9 Å². The minimum atomic E-state index is -6.13. The molecule has 42 heteroatoms. The minimum absolute atomic E-state index is 0.0110. The molecule has 6 aromatic rings. The first-order valence-electron chi connectivity index (χ1n) is 23.3. The highest BCUT2D eigenvalue weighted by Gasteiger charge is 2.54. The number of aliphatic hydroxyl groups is 3. The van der Waals surface area contributed by atoms with Crippen LogP contribution in [0.3, 0.4) is 0 Å². The van der Waals surface area contributed by atoms with Crippen molar-refractivity contribution in [3.8, 4) is 0 Å². The van der Waals surface area contributed by atoms with E-state index in [9.17, 15) is 62.7 Å². The molecule has 0 spiro atoms. The molecule has 6 aromatic heterocycles. The summed E-state index contributed by atoms with van der Waals surface area (Å²) < 4.78 is 112. The Morgan fingerprint density at radius 3 is 2.09 bits per heavy atom. The molecule has 3 fully saturated rings. The zero-order valence-electron chi connectivity index (χ0n) is 41.5. The van der Waals surface area contributed by atoms with Gasteiger partial charge in [0.25, 0.3) is 17.1 Å². The van der Waals surface area contributed by atoms with Crippen molar-refractivity contribution in [3.05, 3.63) is 46.0 Å². The number of aliphatic hydroxyl groups excluding tert-OH is 3. The second-order valence-corrected chi connectivity index (χ2v) is 24.9. The lowest BCUT2D eigenvalue weighted by Crippen LogP contribution is -2.45. The number of hydrogen-bond donors (Lipinski definition) is 11.